The minimum Gasteiger partial charge on any atom is -0.381 e. The number of hydrogen-bond acceptors (Lipinski definition) is 6. The molecule has 0 atom stereocenters. The molecule has 2 aromatic heterocycles. The van der Waals surface area contributed by atoms with Crippen LogP contribution in [0.4, 0.5) is 10.6 Å². The highest BCUT2D eigenvalue weighted by atomic mass is 16.5. The van der Waals surface area contributed by atoms with Gasteiger partial charge in [-0.25, -0.2) is 14.8 Å². The Kier molecular flexibility index (Phi) is 6.03. The van der Waals surface area contributed by atoms with Crippen LogP contribution >= 0.6 is 0 Å². The van der Waals surface area contributed by atoms with Gasteiger partial charge in [-0.1, -0.05) is 18.2 Å². The van der Waals surface area contributed by atoms with E-state index in [0.717, 1.165) is 98.3 Å². The number of urea groups is 1. The van der Waals surface area contributed by atoms with Gasteiger partial charge in [-0.2, -0.15) is 0 Å². The number of fused-ring (bicyclic) bond motifs is 2. The van der Waals surface area contributed by atoms with E-state index in [4.69, 9.17) is 19.4 Å². The molecule has 0 spiro atoms. The third kappa shape index (κ3) is 4.12. The van der Waals surface area contributed by atoms with Gasteiger partial charge >= 0.3 is 6.03 Å². The van der Waals surface area contributed by atoms with Gasteiger partial charge in [0.2, 0.25) is 0 Å². The molecule has 6 rings (SSSR count). The average Bonchev–Trinajstić information content (AvgIpc) is 3.31. The first kappa shape index (κ1) is 22.3. The Balaban J connectivity index is 1.44. The second-order valence-corrected chi connectivity index (χ2v) is 9.45. The summed E-state index contributed by atoms with van der Waals surface area (Å²) in [4.78, 5) is 26.7. The first-order valence-electron chi connectivity index (χ1n) is 12.6. The van der Waals surface area contributed by atoms with Gasteiger partial charge in [-0.15, -0.1) is 0 Å². The molecule has 3 aliphatic heterocycles. The van der Waals surface area contributed by atoms with Crippen LogP contribution in [0.2, 0.25) is 0 Å². The molecule has 2 fully saturated rings. The lowest BCUT2D eigenvalue weighted by atomic mass is 9.99. The molecule has 0 saturated carbocycles. The summed E-state index contributed by atoms with van der Waals surface area (Å²) in [6, 6.07) is 8.49. The molecule has 2 saturated heterocycles. The summed E-state index contributed by atoms with van der Waals surface area (Å²) in [5, 5.41) is 5.01. The van der Waals surface area contributed by atoms with Crippen molar-refractivity contribution in [2.75, 3.05) is 58.0 Å². The molecule has 9 heteroatoms. The summed E-state index contributed by atoms with van der Waals surface area (Å²) in [5.74, 6) is 2.49. The number of benzene rings is 1. The number of hydrogen-bond donors (Lipinski definition) is 1. The fourth-order valence-corrected chi connectivity index (χ4v) is 5.54. The van der Waals surface area contributed by atoms with Gasteiger partial charge in [0.25, 0.3) is 0 Å². The van der Waals surface area contributed by atoms with Crippen molar-refractivity contribution in [1.82, 2.24) is 24.8 Å². The molecular weight excluding hydrogens is 444 g/mol. The lowest BCUT2D eigenvalue weighted by molar-refractivity contribution is 0.0823. The zero-order chi connectivity index (χ0) is 23.8. The van der Waals surface area contributed by atoms with Crippen molar-refractivity contribution in [3.05, 3.63) is 42.0 Å². The van der Waals surface area contributed by atoms with Crippen molar-refractivity contribution in [3.63, 3.8) is 0 Å². The first-order chi connectivity index (χ1) is 17.2. The normalized spacial score (nSPS) is 19.1. The Labute approximate surface area is 205 Å². The number of imidazole rings is 1. The predicted octanol–water partition coefficient (Wildman–Crippen LogP) is 2.98. The van der Waals surface area contributed by atoms with Crippen LogP contribution in [0.25, 0.3) is 22.0 Å². The van der Waals surface area contributed by atoms with Crippen molar-refractivity contribution < 1.29 is 14.3 Å². The van der Waals surface area contributed by atoms with Gasteiger partial charge in [0.05, 0.1) is 31.1 Å². The van der Waals surface area contributed by atoms with Crippen LogP contribution in [0.1, 0.15) is 30.3 Å². The number of anilines is 1. The molecule has 3 aromatic rings. The van der Waals surface area contributed by atoms with E-state index >= 15 is 0 Å². The van der Waals surface area contributed by atoms with Crippen molar-refractivity contribution in [2.45, 2.75) is 31.8 Å². The topological polar surface area (TPSA) is 84.8 Å². The molecule has 0 aliphatic carbocycles. The zero-order valence-corrected chi connectivity index (χ0v) is 20.2. The third-order valence-corrected chi connectivity index (χ3v) is 7.46. The predicted molar refractivity (Wildman–Crippen MR) is 134 cm³/mol. The number of morpholine rings is 1. The second kappa shape index (κ2) is 9.47. The highest BCUT2D eigenvalue weighted by Gasteiger charge is 2.31. The maximum Gasteiger partial charge on any atom is 0.317 e. The largest absolute Gasteiger partial charge is 0.381 e. The van der Waals surface area contributed by atoms with Gasteiger partial charge < -0.3 is 29.2 Å². The average molecular weight is 477 g/mol. The van der Waals surface area contributed by atoms with E-state index in [1.807, 2.05) is 11.1 Å². The van der Waals surface area contributed by atoms with E-state index in [-0.39, 0.29) is 6.03 Å². The Hall–Kier alpha value is -3.17. The molecule has 35 heavy (non-hydrogen) atoms. The Bertz CT molecular complexity index is 1230. The van der Waals surface area contributed by atoms with Gasteiger partial charge in [0, 0.05) is 69.5 Å². The van der Waals surface area contributed by atoms with Crippen molar-refractivity contribution in [3.8, 4) is 11.3 Å². The van der Waals surface area contributed by atoms with Crippen LogP contribution < -0.4 is 10.2 Å². The minimum absolute atomic E-state index is 0.0502. The van der Waals surface area contributed by atoms with Crippen LogP contribution in [0, 0.1) is 0 Å². The summed E-state index contributed by atoms with van der Waals surface area (Å²) < 4.78 is 13.5. The molecule has 0 radical (unpaired) electrons. The van der Waals surface area contributed by atoms with Crippen molar-refractivity contribution in [2.24, 2.45) is 0 Å². The van der Waals surface area contributed by atoms with Crippen LogP contribution in [0.3, 0.4) is 0 Å². The molecule has 1 N–H and O–H groups in total. The molecule has 184 valence electrons. The molecule has 0 unspecified atom stereocenters. The highest BCUT2D eigenvalue weighted by molar-refractivity contribution is 5.97. The number of nitrogens with zero attached hydrogens (tertiary/aromatic N) is 5. The maximum atomic E-state index is 12.5. The number of amides is 2. The number of rotatable bonds is 3. The standard InChI is InChI=1S/C26H32N6O3/c1-27-26(33)31-7-8-32-22(17-31)24(29-25(32)18-5-11-34-12-6-18)20-4-2-3-19-15-23(28-16-21(19)20)30-9-13-35-14-10-30/h2-4,15-16,18H,5-14,17H2,1H3,(H,27,33). The monoisotopic (exact) mass is 476 g/mol. The van der Waals surface area contributed by atoms with E-state index in [0.29, 0.717) is 19.0 Å². The Morgan fingerprint density at radius 1 is 1.06 bits per heavy atom. The van der Waals surface area contributed by atoms with Crippen molar-refractivity contribution in [1.29, 1.82) is 0 Å². The number of aromatic nitrogens is 3. The Morgan fingerprint density at radius 2 is 1.86 bits per heavy atom. The van der Waals surface area contributed by atoms with Gasteiger partial charge in [-0.3, -0.25) is 0 Å². The Morgan fingerprint density at radius 3 is 2.66 bits per heavy atom. The van der Waals surface area contributed by atoms with Crippen LogP contribution in [0.15, 0.2) is 30.5 Å². The molecule has 2 amide bonds. The highest BCUT2D eigenvalue weighted by Crippen LogP contribution is 2.37. The van der Waals surface area contributed by atoms with E-state index in [2.05, 4.69) is 39.0 Å². The number of pyridine rings is 1. The second-order valence-electron chi connectivity index (χ2n) is 9.45. The summed E-state index contributed by atoms with van der Waals surface area (Å²) in [6.45, 7) is 6.71. The summed E-state index contributed by atoms with van der Waals surface area (Å²) >= 11 is 0. The van der Waals surface area contributed by atoms with Crippen LogP contribution in [-0.4, -0.2) is 78.6 Å². The maximum absolute atomic E-state index is 12.5. The quantitative estimate of drug-likeness (QED) is 0.626. The molecule has 9 nitrogen and oxygen atoms in total. The van der Waals surface area contributed by atoms with Gasteiger partial charge in [-0.05, 0) is 24.3 Å². The molecule has 0 bridgehead atoms. The van der Waals surface area contributed by atoms with E-state index < -0.39 is 0 Å². The van der Waals surface area contributed by atoms with Gasteiger partial charge in [0.1, 0.15) is 11.6 Å². The van der Waals surface area contributed by atoms with Gasteiger partial charge in [0.15, 0.2) is 0 Å². The fourth-order valence-electron chi connectivity index (χ4n) is 5.54. The number of carbonyl (C=O) groups excluding carboxylic acids is 1. The fraction of sp³-hybridized carbons (Fsp3) is 0.500. The SMILES string of the molecule is CNC(=O)N1CCn2c(C3CCOCC3)nc(-c3cccc4cc(N5CCOCC5)ncc34)c2C1. The molecule has 5 heterocycles. The number of carbonyl (C=O) groups is 1. The molecule has 3 aliphatic rings. The van der Waals surface area contributed by atoms with Crippen molar-refractivity contribution >= 4 is 22.6 Å². The number of ether oxygens (including phenoxy) is 2. The minimum atomic E-state index is -0.0502. The molecule has 1 aromatic carbocycles. The third-order valence-electron chi connectivity index (χ3n) is 7.46. The zero-order valence-electron chi connectivity index (χ0n) is 20.2. The lowest BCUT2D eigenvalue weighted by Gasteiger charge is -2.31. The number of nitrogens with one attached hydrogen (secondary N) is 1. The first-order valence-corrected chi connectivity index (χ1v) is 12.6. The lowest BCUT2D eigenvalue weighted by Crippen LogP contribution is -2.43. The van der Waals surface area contributed by atoms with E-state index in [9.17, 15) is 4.79 Å². The van der Waals surface area contributed by atoms with E-state index in [1.54, 1.807) is 7.05 Å². The summed E-state index contributed by atoms with van der Waals surface area (Å²) in [7, 11) is 1.69. The summed E-state index contributed by atoms with van der Waals surface area (Å²) in [5.41, 5.74) is 3.14. The van der Waals surface area contributed by atoms with E-state index in [1.165, 1.54) is 0 Å². The van der Waals surface area contributed by atoms with Crippen LogP contribution in [0.5, 0.6) is 0 Å². The van der Waals surface area contributed by atoms with Crippen LogP contribution in [-0.2, 0) is 22.6 Å². The smallest absolute Gasteiger partial charge is 0.317 e. The summed E-state index contributed by atoms with van der Waals surface area (Å²) in [6.07, 6.45) is 3.94. The molecular formula is C26H32N6O3.